The number of halogens is 1. The summed E-state index contributed by atoms with van der Waals surface area (Å²) in [6.45, 7) is 0.664. The van der Waals surface area contributed by atoms with Crippen molar-refractivity contribution in [2.24, 2.45) is 5.73 Å². The monoisotopic (exact) mass is 193 g/mol. The lowest BCUT2D eigenvalue weighted by Gasteiger charge is -1.92. The van der Waals surface area contributed by atoms with Gasteiger partial charge < -0.3 is 10.7 Å². The summed E-state index contributed by atoms with van der Waals surface area (Å²) >= 11 is 0. The molecule has 74 valence electrons. The second-order valence-electron chi connectivity index (χ2n) is 3.28. The first-order chi connectivity index (χ1) is 6.79. The Morgan fingerprint density at radius 3 is 3.07 bits per heavy atom. The molecule has 0 aliphatic heterocycles. The third kappa shape index (κ3) is 1.75. The minimum atomic E-state index is -0.304. The van der Waals surface area contributed by atoms with Gasteiger partial charge in [-0.15, -0.1) is 0 Å². The van der Waals surface area contributed by atoms with Gasteiger partial charge >= 0.3 is 0 Å². The highest BCUT2D eigenvalue weighted by molar-refractivity contribution is 5.76. The van der Waals surface area contributed by atoms with E-state index in [0.29, 0.717) is 6.54 Å². The molecule has 0 aromatic carbocycles. The standard InChI is InChI=1S/C10H12FN3/c11-8-4-7-5-9(2-1-3-12)14-10(7)13-6-8/h4-6H,1-3,12H2,(H,13,14). The largest absolute Gasteiger partial charge is 0.343 e. The van der Waals surface area contributed by atoms with Gasteiger partial charge in [0.1, 0.15) is 11.5 Å². The van der Waals surface area contributed by atoms with E-state index in [1.807, 2.05) is 6.07 Å². The maximum atomic E-state index is 12.8. The predicted molar refractivity (Wildman–Crippen MR) is 53.4 cm³/mol. The fraction of sp³-hybridized carbons (Fsp3) is 0.300. The van der Waals surface area contributed by atoms with Crippen molar-refractivity contribution in [2.75, 3.05) is 6.54 Å². The summed E-state index contributed by atoms with van der Waals surface area (Å²) in [5.41, 5.74) is 7.20. The van der Waals surface area contributed by atoms with E-state index >= 15 is 0 Å². The van der Waals surface area contributed by atoms with Gasteiger partial charge in [-0.25, -0.2) is 9.37 Å². The maximum Gasteiger partial charge on any atom is 0.142 e. The van der Waals surface area contributed by atoms with Crippen LogP contribution in [0.25, 0.3) is 11.0 Å². The zero-order valence-electron chi connectivity index (χ0n) is 7.76. The number of rotatable bonds is 3. The maximum absolute atomic E-state index is 12.8. The SMILES string of the molecule is NCCCc1cc2cc(F)cnc2[nH]1. The Morgan fingerprint density at radius 2 is 2.29 bits per heavy atom. The van der Waals surface area contributed by atoms with Crippen LogP contribution in [0.15, 0.2) is 18.3 Å². The molecule has 0 radical (unpaired) electrons. The zero-order chi connectivity index (χ0) is 9.97. The number of pyridine rings is 1. The van der Waals surface area contributed by atoms with Crippen LogP contribution in [0, 0.1) is 5.82 Å². The Kier molecular flexibility index (Phi) is 2.45. The summed E-state index contributed by atoms with van der Waals surface area (Å²) in [6, 6.07) is 3.39. The van der Waals surface area contributed by atoms with E-state index in [-0.39, 0.29) is 5.82 Å². The number of hydrogen-bond donors (Lipinski definition) is 2. The first kappa shape index (κ1) is 9.15. The lowest BCUT2D eigenvalue weighted by molar-refractivity contribution is 0.624. The Hall–Kier alpha value is -1.42. The number of aryl methyl sites for hydroxylation is 1. The summed E-state index contributed by atoms with van der Waals surface area (Å²) in [6.07, 6.45) is 3.02. The number of aromatic nitrogens is 2. The molecule has 0 bridgehead atoms. The Labute approximate surface area is 81.1 Å². The van der Waals surface area contributed by atoms with Crippen molar-refractivity contribution >= 4 is 11.0 Å². The molecule has 3 N–H and O–H groups in total. The van der Waals surface area contributed by atoms with Crippen LogP contribution in [0.4, 0.5) is 4.39 Å². The minimum Gasteiger partial charge on any atom is -0.343 e. The first-order valence-corrected chi connectivity index (χ1v) is 4.63. The second-order valence-corrected chi connectivity index (χ2v) is 3.28. The van der Waals surface area contributed by atoms with Crippen LogP contribution in [-0.4, -0.2) is 16.5 Å². The van der Waals surface area contributed by atoms with Crippen LogP contribution in [-0.2, 0) is 6.42 Å². The molecule has 0 saturated heterocycles. The van der Waals surface area contributed by atoms with Crippen molar-refractivity contribution in [2.45, 2.75) is 12.8 Å². The topological polar surface area (TPSA) is 54.7 Å². The van der Waals surface area contributed by atoms with Crippen LogP contribution >= 0.6 is 0 Å². The van der Waals surface area contributed by atoms with Gasteiger partial charge in [-0.2, -0.15) is 0 Å². The Balaban J connectivity index is 2.32. The van der Waals surface area contributed by atoms with Gasteiger partial charge in [0.2, 0.25) is 0 Å². The molecule has 4 heteroatoms. The van der Waals surface area contributed by atoms with Gasteiger partial charge in [0, 0.05) is 11.1 Å². The molecule has 0 saturated carbocycles. The Morgan fingerprint density at radius 1 is 1.43 bits per heavy atom. The van der Waals surface area contributed by atoms with Gasteiger partial charge in [0.25, 0.3) is 0 Å². The molecular weight excluding hydrogens is 181 g/mol. The highest BCUT2D eigenvalue weighted by atomic mass is 19.1. The molecule has 2 rings (SSSR count). The molecule has 2 aromatic heterocycles. The molecular formula is C10H12FN3. The fourth-order valence-corrected chi connectivity index (χ4v) is 1.47. The van der Waals surface area contributed by atoms with E-state index in [9.17, 15) is 4.39 Å². The third-order valence-corrected chi connectivity index (χ3v) is 2.14. The van der Waals surface area contributed by atoms with Gasteiger partial charge in [-0.05, 0) is 31.5 Å². The minimum absolute atomic E-state index is 0.304. The Bertz CT molecular complexity index is 436. The number of nitrogens with two attached hydrogens (primary N) is 1. The van der Waals surface area contributed by atoms with E-state index in [2.05, 4.69) is 9.97 Å². The fourth-order valence-electron chi connectivity index (χ4n) is 1.47. The van der Waals surface area contributed by atoms with Crippen molar-refractivity contribution in [3.05, 3.63) is 29.8 Å². The summed E-state index contributed by atoms with van der Waals surface area (Å²) in [7, 11) is 0. The molecule has 3 nitrogen and oxygen atoms in total. The van der Waals surface area contributed by atoms with Gasteiger partial charge in [0.15, 0.2) is 0 Å². The molecule has 0 amide bonds. The van der Waals surface area contributed by atoms with Crippen molar-refractivity contribution < 1.29 is 4.39 Å². The summed E-state index contributed by atoms with van der Waals surface area (Å²) in [5.74, 6) is -0.304. The summed E-state index contributed by atoms with van der Waals surface area (Å²) in [4.78, 5) is 7.07. The number of aromatic amines is 1. The normalized spacial score (nSPS) is 11.0. The van der Waals surface area contributed by atoms with E-state index in [1.54, 1.807) is 0 Å². The van der Waals surface area contributed by atoms with Crippen molar-refractivity contribution in [3.8, 4) is 0 Å². The van der Waals surface area contributed by atoms with E-state index in [1.165, 1.54) is 12.3 Å². The lowest BCUT2D eigenvalue weighted by atomic mass is 10.2. The summed E-state index contributed by atoms with van der Waals surface area (Å²) < 4.78 is 12.8. The average molecular weight is 193 g/mol. The number of nitrogens with zero attached hydrogens (tertiary/aromatic N) is 1. The average Bonchev–Trinajstić information content (AvgIpc) is 2.56. The van der Waals surface area contributed by atoms with Gasteiger partial charge in [-0.1, -0.05) is 0 Å². The molecule has 2 heterocycles. The molecule has 0 aliphatic rings. The van der Waals surface area contributed by atoms with Crippen LogP contribution in [0.1, 0.15) is 12.1 Å². The molecule has 0 unspecified atom stereocenters. The van der Waals surface area contributed by atoms with Crippen molar-refractivity contribution in [3.63, 3.8) is 0 Å². The van der Waals surface area contributed by atoms with Gasteiger partial charge in [-0.3, -0.25) is 0 Å². The number of nitrogens with one attached hydrogen (secondary N) is 1. The first-order valence-electron chi connectivity index (χ1n) is 4.63. The van der Waals surface area contributed by atoms with E-state index in [4.69, 9.17) is 5.73 Å². The predicted octanol–water partition coefficient (Wildman–Crippen LogP) is 1.59. The quantitative estimate of drug-likeness (QED) is 0.777. The molecule has 0 spiro atoms. The van der Waals surface area contributed by atoms with Gasteiger partial charge in [0.05, 0.1) is 6.20 Å². The van der Waals surface area contributed by atoms with E-state index < -0.39 is 0 Å². The molecule has 0 aliphatic carbocycles. The number of fused-ring (bicyclic) bond motifs is 1. The molecule has 14 heavy (non-hydrogen) atoms. The molecule has 2 aromatic rings. The van der Waals surface area contributed by atoms with E-state index in [0.717, 1.165) is 29.6 Å². The number of H-pyrrole nitrogens is 1. The van der Waals surface area contributed by atoms with Crippen LogP contribution in [0.3, 0.4) is 0 Å². The highest BCUT2D eigenvalue weighted by Gasteiger charge is 2.02. The lowest BCUT2D eigenvalue weighted by Crippen LogP contribution is -2.00. The second kappa shape index (κ2) is 3.75. The number of hydrogen-bond acceptors (Lipinski definition) is 2. The zero-order valence-corrected chi connectivity index (χ0v) is 7.76. The van der Waals surface area contributed by atoms with Crippen molar-refractivity contribution in [1.82, 2.24) is 9.97 Å². The van der Waals surface area contributed by atoms with Crippen LogP contribution in [0.5, 0.6) is 0 Å². The van der Waals surface area contributed by atoms with Crippen LogP contribution in [0.2, 0.25) is 0 Å². The summed E-state index contributed by atoms with van der Waals surface area (Å²) in [5, 5.41) is 0.817. The van der Waals surface area contributed by atoms with Crippen molar-refractivity contribution in [1.29, 1.82) is 0 Å². The smallest absolute Gasteiger partial charge is 0.142 e. The molecule has 0 fully saturated rings. The highest BCUT2D eigenvalue weighted by Crippen LogP contribution is 2.14. The third-order valence-electron chi connectivity index (χ3n) is 2.14. The van der Waals surface area contributed by atoms with Crippen LogP contribution < -0.4 is 5.73 Å². The molecule has 0 atom stereocenters.